The van der Waals surface area contributed by atoms with Gasteiger partial charge in [-0.3, -0.25) is 0 Å². The van der Waals surface area contributed by atoms with E-state index in [9.17, 15) is 5.11 Å². The number of rotatable bonds is 6. The Morgan fingerprint density at radius 2 is 1.75 bits per heavy atom. The quantitative estimate of drug-likeness (QED) is 0.646. The Hall–Kier alpha value is -2.92. The van der Waals surface area contributed by atoms with Crippen LogP contribution in [-0.2, 0) is 0 Å². The van der Waals surface area contributed by atoms with Gasteiger partial charge in [-0.1, -0.05) is 48.0 Å². The fraction of sp³-hybridized carbons (Fsp3) is 0.158. The highest BCUT2D eigenvalue weighted by Gasteiger charge is 2.08. The van der Waals surface area contributed by atoms with Crippen molar-refractivity contribution in [3.8, 4) is 0 Å². The number of para-hydroxylation sites is 1. The molecule has 0 saturated carbocycles. The largest absolute Gasteiger partial charge is 0.387 e. The summed E-state index contributed by atoms with van der Waals surface area (Å²) in [6.07, 6.45) is 1.09. The molecular formula is C19H20N4O. The third-order valence-corrected chi connectivity index (χ3v) is 3.62. The fourth-order valence-corrected chi connectivity index (χ4v) is 2.28. The van der Waals surface area contributed by atoms with Gasteiger partial charge in [-0.2, -0.15) is 4.98 Å². The highest BCUT2D eigenvalue weighted by atomic mass is 16.3. The maximum Gasteiger partial charge on any atom is 0.229 e. The first kappa shape index (κ1) is 16.0. The molecule has 3 N–H and O–H groups in total. The number of benzene rings is 2. The van der Waals surface area contributed by atoms with Crippen LogP contribution in [0.2, 0.25) is 0 Å². The highest BCUT2D eigenvalue weighted by molar-refractivity contribution is 5.54. The Kier molecular flexibility index (Phi) is 5.03. The maximum atomic E-state index is 10.3. The van der Waals surface area contributed by atoms with Gasteiger partial charge in [-0.15, -0.1) is 0 Å². The molecule has 122 valence electrons. The number of nitrogens with zero attached hydrogens (tertiary/aromatic N) is 2. The average molecular weight is 320 g/mol. The Morgan fingerprint density at radius 1 is 1.00 bits per heavy atom. The van der Waals surface area contributed by atoms with E-state index in [1.54, 1.807) is 12.3 Å². The fourth-order valence-electron chi connectivity index (χ4n) is 2.28. The summed E-state index contributed by atoms with van der Waals surface area (Å²) in [6.45, 7) is 2.40. The third-order valence-electron chi connectivity index (χ3n) is 3.62. The lowest BCUT2D eigenvalue weighted by Gasteiger charge is -2.13. The van der Waals surface area contributed by atoms with E-state index in [4.69, 9.17) is 0 Å². The van der Waals surface area contributed by atoms with Gasteiger partial charge in [0.15, 0.2) is 0 Å². The van der Waals surface area contributed by atoms with Crippen LogP contribution in [0.25, 0.3) is 0 Å². The van der Waals surface area contributed by atoms with Crippen LogP contribution in [0.5, 0.6) is 0 Å². The molecule has 2 aromatic carbocycles. The van der Waals surface area contributed by atoms with Crippen molar-refractivity contribution < 1.29 is 5.11 Å². The van der Waals surface area contributed by atoms with Gasteiger partial charge in [0.2, 0.25) is 5.95 Å². The normalized spacial score (nSPS) is 11.8. The van der Waals surface area contributed by atoms with Crippen LogP contribution in [0, 0.1) is 6.92 Å². The van der Waals surface area contributed by atoms with E-state index in [0.717, 1.165) is 11.3 Å². The molecule has 3 rings (SSSR count). The van der Waals surface area contributed by atoms with Crippen molar-refractivity contribution in [3.63, 3.8) is 0 Å². The zero-order chi connectivity index (χ0) is 16.8. The lowest BCUT2D eigenvalue weighted by molar-refractivity contribution is 0.191. The maximum absolute atomic E-state index is 10.3. The average Bonchev–Trinajstić information content (AvgIpc) is 2.61. The zero-order valence-electron chi connectivity index (χ0n) is 13.5. The molecule has 0 radical (unpaired) electrons. The van der Waals surface area contributed by atoms with Crippen molar-refractivity contribution in [2.24, 2.45) is 0 Å². The predicted molar refractivity (Wildman–Crippen MR) is 96.4 cm³/mol. The minimum Gasteiger partial charge on any atom is -0.387 e. The summed E-state index contributed by atoms with van der Waals surface area (Å²) in [5.41, 5.74) is 2.98. The minimum absolute atomic E-state index is 0.380. The molecule has 0 aliphatic heterocycles. The van der Waals surface area contributed by atoms with E-state index >= 15 is 0 Å². The highest BCUT2D eigenvalue weighted by Crippen LogP contribution is 2.16. The SMILES string of the molecule is Cc1ccc(C(O)CNc2ccnc(Nc3ccccc3)n2)cc1. The predicted octanol–water partition coefficient (Wildman–Crippen LogP) is 3.67. The summed E-state index contributed by atoms with van der Waals surface area (Å²) in [6, 6.07) is 19.4. The molecule has 1 atom stereocenters. The van der Waals surface area contributed by atoms with Crippen molar-refractivity contribution in [2.75, 3.05) is 17.2 Å². The van der Waals surface area contributed by atoms with Gasteiger partial charge in [0.1, 0.15) is 5.82 Å². The number of aromatic nitrogens is 2. The number of aryl methyl sites for hydroxylation is 1. The number of nitrogens with one attached hydrogen (secondary N) is 2. The lowest BCUT2D eigenvalue weighted by Crippen LogP contribution is -2.13. The van der Waals surface area contributed by atoms with Gasteiger partial charge in [0.25, 0.3) is 0 Å². The molecule has 5 nitrogen and oxygen atoms in total. The van der Waals surface area contributed by atoms with Crippen LogP contribution < -0.4 is 10.6 Å². The van der Waals surface area contributed by atoms with Crippen molar-refractivity contribution >= 4 is 17.5 Å². The van der Waals surface area contributed by atoms with E-state index in [-0.39, 0.29) is 0 Å². The number of anilines is 3. The second-order valence-electron chi connectivity index (χ2n) is 5.56. The van der Waals surface area contributed by atoms with Crippen LogP contribution >= 0.6 is 0 Å². The van der Waals surface area contributed by atoms with Gasteiger partial charge in [-0.05, 0) is 30.7 Å². The van der Waals surface area contributed by atoms with Gasteiger partial charge >= 0.3 is 0 Å². The zero-order valence-corrected chi connectivity index (χ0v) is 13.5. The molecule has 0 aliphatic rings. The van der Waals surface area contributed by atoms with E-state index < -0.39 is 6.10 Å². The second-order valence-corrected chi connectivity index (χ2v) is 5.56. The van der Waals surface area contributed by atoms with Crippen molar-refractivity contribution in [2.45, 2.75) is 13.0 Å². The summed E-state index contributed by atoms with van der Waals surface area (Å²) in [5.74, 6) is 1.17. The molecule has 0 spiro atoms. The summed E-state index contributed by atoms with van der Waals surface area (Å²) < 4.78 is 0. The van der Waals surface area contributed by atoms with Crippen molar-refractivity contribution in [3.05, 3.63) is 78.0 Å². The second kappa shape index (κ2) is 7.57. The Labute approximate surface area is 141 Å². The molecule has 3 aromatic rings. The topological polar surface area (TPSA) is 70.1 Å². The first-order chi connectivity index (χ1) is 11.7. The molecule has 0 bridgehead atoms. The van der Waals surface area contributed by atoms with Gasteiger partial charge in [0, 0.05) is 18.4 Å². The van der Waals surface area contributed by atoms with E-state index in [0.29, 0.717) is 18.3 Å². The van der Waals surface area contributed by atoms with Crippen LogP contribution in [0.1, 0.15) is 17.2 Å². The van der Waals surface area contributed by atoms with Crippen LogP contribution in [-0.4, -0.2) is 21.6 Å². The number of hydrogen-bond acceptors (Lipinski definition) is 5. The van der Waals surface area contributed by atoms with Gasteiger partial charge in [0.05, 0.1) is 6.10 Å². The third kappa shape index (κ3) is 4.30. The van der Waals surface area contributed by atoms with Crippen LogP contribution in [0.3, 0.4) is 0 Å². The monoisotopic (exact) mass is 320 g/mol. The summed E-state index contributed by atoms with van der Waals surface area (Å²) >= 11 is 0. The molecule has 0 amide bonds. The van der Waals surface area contributed by atoms with Gasteiger partial charge in [-0.25, -0.2) is 4.98 Å². The van der Waals surface area contributed by atoms with Crippen LogP contribution in [0.15, 0.2) is 66.9 Å². The van der Waals surface area contributed by atoms with E-state index in [1.807, 2.05) is 61.5 Å². The lowest BCUT2D eigenvalue weighted by atomic mass is 10.1. The summed E-state index contributed by atoms with van der Waals surface area (Å²) in [7, 11) is 0. The smallest absolute Gasteiger partial charge is 0.229 e. The Balaban J connectivity index is 1.61. The Bertz CT molecular complexity index is 775. The molecule has 1 aromatic heterocycles. The molecular weight excluding hydrogens is 300 g/mol. The minimum atomic E-state index is -0.592. The summed E-state index contributed by atoms with van der Waals surface area (Å²) in [4.78, 5) is 8.61. The molecule has 0 saturated heterocycles. The Morgan fingerprint density at radius 3 is 2.50 bits per heavy atom. The van der Waals surface area contributed by atoms with Crippen molar-refractivity contribution in [1.29, 1.82) is 0 Å². The first-order valence-corrected chi connectivity index (χ1v) is 7.84. The van der Waals surface area contributed by atoms with E-state index in [2.05, 4.69) is 20.6 Å². The van der Waals surface area contributed by atoms with Gasteiger partial charge < -0.3 is 15.7 Å². The number of hydrogen-bond donors (Lipinski definition) is 3. The molecule has 24 heavy (non-hydrogen) atoms. The standard InChI is InChI=1S/C19H20N4O/c1-14-7-9-15(10-8-14)17(24)13-21-18-11-12-20-19(23-18)22-16-5-3-2-4-6-16/h2-12,17,24H,13H2,1H3,(H2,20,21,22,23). The summed E-state index contributed by atoms with van der Waals surface area (Å²) in [5, 5.41) is 16.5. The molecule has 0 aliphatic carbocycles. The molecule has 0 fully saturated rings. The molecule has 1 heterocycles. The molecule has 5 heteroatoms. The number of aliphatic hydroxyl groups excluding tert-OH is 1. The molecule has 1 unspecified atom stereocenters. The number of aliphatic hydroxyl groups is 1. The first-order valence-electron chi connectivity index (χ1n) is 7.84. The van der Waals surface area contributed by atoms with Crippen molar-refractivity contribution in [1.82, 2.24) is 9.97 Å². The van der Waals surface area contributed by atoms with E-state index in [1.165, 1.54) is 5.56 Å². The van der Waals surface area contributed by atoms with Crippen LogP contribution in [0.4, 0.5) is 17.5 Å².